The fraction of sp³-hybridized carbons (Fsp3) is 0.818. The first-order valence-corrected chi connectivity index (χ1v) is 10.7. The largest absolute Gasteiger partial charge is 0.444 e. The van der Waals surface area contributed by atoms with E-state index in [9.17, 15) is 19.2 Å². The number of carbonyl (C=O) groups is 4. The predicted octanol–water partition coefficient (Wildman–Crippen LogP) is 2.60. The maximum absolute atomic E-state index is 11.6. The average Bonchev–Trinajstić information content (AvgIpc) is 3.28. The molecule has 0 radical (unpaired) electrons. The highest BCUT2D eigenvalue weighted by atomic mass is 16.6. The molecule has 0 aromatic heterocycles. The summed E-state index contributed by atoms with van der Waals surface area (Å²) >= 11 is 0. The van der Waals surface area contributed by atoms with Crippen LogP contribution in [0.4, 0.5) is 9.59 Å². The highest BCUT2D eigenvalue weighted by molar-refractivity contribution is 5.71. The van der Waals surface area contributed by atoms with Crippen molar-refractivity contribution < 1.29 is 28.7 Å². The van der Waals surface area contributed by atoms with Crippen LogP contribution >= 0.6 is 0 Å². The molecule has 0 N–H and O–H groups in total. The lowest BCUT2D eigenvalue weighted by Crippen LogP contribution is -2.37. The van der Waals surface area contributed by atoms with Crippen molar-refractivity contribution in [3.8, 4) is 0 Å². The van der Waals surface area contributed by atoms with Crippen molar-refractivity contribution in [2.75, 3.05) is 26.2 Å². The summed E-state index contributed by atoms with van der Waals surface area (Å²) in [5.74, 6) is 1.99. The van der Waals surface area contributed by atoms with Crippen LogP contribution < -0.4 is 0 Å². The molecule has 2 aliphatic carbocycles. The lowest BCUT2D eigenvalue weighted by atomic mass is 10.2. The van der Waals surface area contributed by atoms with Crippen LogP contribution in [0, 0.1) is 35.5 Å². The van der Waals surface area contributed by atoms with E-state index in [0.29, 0.717) is 49.9 Å². The second-order valence-electron chi connectivity index (χ2n) is 10.9. The lowest BCUT2D eigenvalue weighted by molar-refractivity contribution is -0.110. The van der Waals surface area contributed by atoms with Gasteiger partial charge < -0.3 is 28.9 Å². The third-order valence-electron chi connectivity index (χ3n) is 6.14. The minimum Gasteiger partial charge on any atom is -0.444 e. The second-order valence-corrected chi connectivity index (χ2v) is 10.9. The molecule has 4 rings (SSSR count). The van der Waals surface area contributed by atoms with Crippen LogP contribution in [-0.2, 0) is 19.1 Å². The number of hydrogen-bond acceptors (Lipinski definition) is 6. The normalized spacial score (nSPS) is 33.5. The molecule has 4 aliphatic rings. The van der Waals surface area contributed by atoms with Gasteiger partial charge in [-0.25, -0.2) is 9.59 Å². The van der Waals surface area contributed by atoms with E-state index in [1.807, 2.05) is 41.5 Å². The Morgan fingerprint density at radius 1 is 0.667 bits per heavy atom. The molecule has 30 heavy (non-hydrogen) atoms. The van der Waals surface area contributed by atoms with E-state index in [1.54, 1.807) is 9.80 Å². The Morgan fingerprint density at radius 3 is 1.13 bits per heavy atom. The summed E-state index contributed by atoms with van der Waals surface area (Å²) in [6.45, 7) is 13.9. The fourth-order valence-corrected chi connectivity index (χ4v) is 4.50. The maximum Gasteiger partial charge on any atom is 0.410 e. The summed E-state index contributed by atoms with van der Waals surface area (Å²) in [5, 5.41) is 0. The van der Waals surface area contributed by atoms with Crippen molar-refractivity contribution in [3.05, 3.63) is 0 Å². The highest BCUT2D eigenvalue weighted by Gasteiger charge is 2.57. The van der Waals surface area contributed by atoms with Gasteiger partial charge in [-0.1, -0.05) is 0 Å². The first kappa shape index (κ1) is 22.6. The van der Waals surface area contributed by atoms with Gasteiger partial charge in [-0.15, -0.1) is 0 Å². The number of fused-ring (bicyclic) bond motifs is 2. The zero-order valence-corrected chi connectivity index (χ0v) is 18.8. The second kappa shape index (κ2) is 7.85. The van der Waals surface area contributed by atoms with Crippen LogP contribution in [0.2, 0.25) is 0 Å². The highest BCUT2D eigenvalue weighted by Crippen LogP contribution is 2.51. The third kappa shape index (κ3) is 5.13. The molecule has 2 saturated heterocycles. The number of aldehydes is 2. The smallest absolute Gasteiger partial charge is 0.410 e. The molecule has 0 unspecified atom stereocenters. The number of piperidine rings is 2. The molecular weight excluding hydrogens is 388 g/mol. The van der Waals surface area contributed by atoms with Crippen molar-refractivity contribution in [1.82, 2.24) is 9.80 Å². The van der Waals surface area contributed by atoms with E-state index < -0.39 is 11.2 Å². The van der Waals surface area contributed by atoms with Crippen LogP contribution in [0.1, 0.15) is 41.5 Å². The first-order chi connectivity index (χ1) is 13.8. The zero-order valence-electron chi connectivity index (χ0n) is 18.8. The number of likely N-dealkylation sites (tertiary alicyclic amines) is 2. The van der Waals surface area contributed by atoms with Crippen molar-refractivity contribution in [2.24, 2.45) is 35.5 Å². The van der Waals surface area contributed by atoms with Gasteiger partial charge in [0.05, 0.1) is 0 Å². The van der Waals surface area contributed by atoms with Gasteiger partial charge in [-0.3, -0.25) is 0 Å². The van der Waals surface area contributed by atoms with Crippen LogP contribution in [0.25, 0.3) is 0 Å². The summed E-state index contributed by atoms with van der Waals surface area (Å²) in [6.07, 6.45) is 1.53. The van der Waals surface area contributed by atoms with Crippen LogP contribution in [-0.4, -0.2) is 71.9 Å². The fourth-order valence-electron chi connectivity index (χ4n) is 4.50. The molecule has 0 bridgehead atoms. The summed E-state index contributed by atoms with van der Waals surface area (Å²) < 4.78 is 10.5. The Hall–Kier alpha value is -2.12. The van der Waals surface area contributed by atoms with Gasteiger partial charge in [0.15, 0.2) is 0 Å². The van der Waals surface area contributed by atoms with E-state index in [-0.39, 0.29) is 24.0 Å². The maximum atomic E-state index is 11.6. The molecule has 2 saturated carbocycles. The van der Waals surface area contributed by atoms with Crippen LogP contribution in [0.5, 0.6) is 0 Å². The molecule has 2 amide bonds. The van der Waals surface area contributed by atoms with E-state index in [2.05, 4.69) is 0 Å². The van der Waals surface area contributed by atoms with E-state index in [4.69, 9.17) is 9.47 Å². The summed E-state index contributed by atoms with van der Waals surface area (Å²) in [6, 6.07) is 0. The number of carbonyl (C=O) groups excluding carboxylic acids is 4. The minimum absolute atomic E-state index is 0.198. The molecule has 8 nitrogen and oxygen atoms in total. The molecule has 4 atom stereocenters. The van der Waals surface area contributed by atoms with Gasteiger partial charge in [-0.2, -0.15) is 0 Å². The standard InChI is InChI=1S/2C11H17NO3/c2*1-11(2,3)15-10(14)12-4-7-8(5-12)9(7)6-13/h2*6-9H,4-5H2,1-3H3/t2*7-,8-/m10/s1. The molecule has 168 valence electrons. The number of rotatable bonds is 2. The quantitative estimate of drug-likeness (QED) is 0.635. The van der Waals surface area contributed by atoms with Gasteiger partial charge in [-0.05, 0) is 65.2 Å². The average molecular weight is 423 g/mol. The topological polar surface area (TPSA) is 93.2 Å². The van der Waals surface area contributed by atoms with E-state index in [1.165, 1.54) is 0 Å². The SMILES string of the molecule is CC(C)(C)OC(=O)N1C[C@@H]2C(C=O)[C@H]2C1.CC(C)(C)OC(=O)N1C[C@H]2C(C=O)[C@@H]2C1. The van der Waals surface area contributed by atoms with Gasteiger partial charge in [0.1, 0.15) is 23.8 Å². The first-order valence-electron chi connectivity index (χ1n) is 10.7. The minimum atomic E-state index is -0.437. The summed E-state index contributed by atoms with van der Waals surface area (Å²) in [4.78, 5) is 47.8. The number of hydrogen-bond donors (Lipinski definition) is 0. The molecule has 2 aliphatic heterocycles. The van der Waals surface area contributed by atoms with Gasteiger partial charge in [0.2, 0.25) is 0 Å². The monoisotopic (exact) mass is 422 g/mol. The van der Waals surface area contributed by atoms with Gasteiger partial charge in [0.25, 0.3) is 0 Å². The Bertz CT molecular complexity index is 625. The molecule has 0 aromatic carbocycles. The Labute approximate surface area is 178 Å². The molecule has 0 aromatic rings. The summed E-state index contributed by atoms with van der Waals surface area (Å²) in [7, 11) is 0. The Balaban J connectivity index is 0.000000171. The molecule has 8 heteroatoms. The van der Waals surface area contributed by atoms with Crippen molar-refractivity contribution in [2.45, 2.75) is 52.7 Å². The van der Waals surface area contributed by atoms with E-state index in [0.717, 1.165) is 12.6 Å². The van der Waals surface area contributed by atoms with Gasteiger partial charge in [0, 0.05) is 38.0 Å². The third-order valence-corrected chi connectivity index (χ3v) is 6.14. The van der Waals surface area contributed by atoms with Gasteiger partial charge >= 0.3 is 12.2 Å². The predicted molar refractivity (Wildman–Crippen MR) is 109 cm³/mol. The molecule has 2 heterocycles. The number of ether oxygens (including phenoxy) is 2. The van der Waals surface area contributed by atoms with Crippen molar-refractivity contribution >= 4 is 24.8 Å². The number of nitrogens with zero attached hydrogens (tertiary/aromatic N) is 2. The zero-order chi connectivity index (χ0) is 22.4. The van der Waals surface area contributed by atoms with Crippen LogP contribution in [0.15, 0.2) is 0 Å². The number of amides is 2. The Kier molecular flexibility index (Phi) is 5.91. The molecule has 0 spiro atoms. The summed E-state index contributed by atoms with van der Waals surface area (Å²) in [5.41, 5.74) is -0.873. The molecule has 4 fully saturated rings. The van der Waals surface area contributed by atoms with Crippen molar-refractivity contribution in [3.63, 3.8) is 0 Å². The van der Waals surface area contributed by atoms with Crippen molar-refractivity contribution in [1.29, 1.82) is 0 Å². The lowest BCUT2D eigenvalue weighted by Gasteiger charge is -2.25. The van der Waals surface area contributed by atoms with Crippen LogP contribution in [0.3, 0.4) is 0 Å². The Morgan fingerprint density at radius 2 is 0.933 bits per heavy atom. The molecular formula is C22H34N2O6. The van der Waals surface area contributed by atoms with E-state index >= 15 is 0 Å².